The monoisotopic (exact) mass is 193 g/mol. The average Bonchev–Trinajstić information content (AvgIpc) is 2.18. The van der Waals surface area contributed by atoms with Gasteiger partial charge in [0.2, 0.25) is 0 Å². The van der Waals surface area contributed by atoms with Crippen molar-refractivity contribution in [3.63, 3.8) is 0 Å². The fourth-order valence-electron chi connectivity index (χ4n) is 1.18. The van der Waals surface area contributed by atoms with Crippen LogP contribution in [0.15, 0.2) is 18.3 Å². The molecule has 0 saturated carbocycles. The number of hydrogen-bond acceptors (Lipinski definition) is 3. The Morgan fingerprint density at radius 3 is 2.86 bits per heavy atom. The van der Waals surface area contributed by atoms with Gasteiger partial charge in [0.25, 0.3) is 0 Å². The van der Waals surface area contributed by atoms with Gasteiger partial charge in [-0.1, -0.05) is 13.8 Å². The highest BCUT2D eigenvalue weighted by Gasteiger charge is 1.96. The normalized spacial score (nSPS) is 10.3. The van der Waals surface area contributed by atoms with Gasteiger partial charge in [-0.3, -0.25) is 0 Å². The highest BCUT2D eigenvalue weighted by atomic mass is 15.0. The zero-order valence-corrected chi connectivity index (χ0v) is 9.17. The number of nitrogens with one attached hydrogen (secondary N) is 2. The summed E-state index contributed by atoms with van der Waals surface area (Å²) in [6.07, 6.45) is 3.00. The summed E-state index contributed by atoms with van der Waals surface area (Å²) < 4.78 is 0. The molecule has 0 fully saturated rings. The number of anilines is 2. The molecule has 1 heterocycles. The molecule has 3 nitrogen and oxygen atoms in total. The Hall–Kier alpha value is -1.25. The maximum absolute atomic E-state index is 4.15. The van der Waals surface area contributed by atoms with E-state index in [2.05, 4.69) is 29.5 Å². The first-order chi connectivity index (χ1) is 6.72. The molecule has 14 heavy (non-hydrogen) atoms. The van der Waals surface area contributed by atoms with Gasteiger partial charge in [0, 0.05) is 31.5 Å². The van der Waals surface area contributed by atoms with E-state index in [-0.39, 0.29) is 0 Å². The zero-order chi connectivity index (χ0) is 10.4. The number of pyridine rings is 1. The molecule has 0 spiro atoms. The second kappa shape index (κ2) is 5.47. The summed E-state index contributed by atoms with van der Waals surface area (Å²) in [5.41, 5.74) is 1.13. The molecule has 0 amide bonds. The number of rotatable bonds is 5. The predicted octanol–water partition coefficient (Wildman–Crippen LogP) is 2.58. The zero-order valence-electron chi connectivity index (χ0n) is 9.17. The van der Waals surface area contributed by atoms with Crippen LogP contribution in [0.4, 0.5) is 11.5 Å². The van der Waals surface area contributed by atoms with E-state index in [9.17, 15) is 0 Å². The van der Waals surface area contributed by atoms with Gasteiger partial charge >= 0.3 is 0 Å². The summed E-state index contributed by atoms with van der Waals surface area (Å²) in [5, 5.41) is 6.39. The standard InChI is InChI=1S/C11H19N3/c1-9(2)4-6-13-10-5-7-14-11(8-10)12-3/h5,7-9H,4,6H2,1-3H3,(H2,12,13,14). The van der Waals surface area contributed by atoms with E-state index in [0.29, 0.717) is 0 Å². The van der Waals surface area contributed by atoms with Crippen molar-refractivity contribution in [2.24, 2.45) is 5.92 Å². The summed E-state index contributed by atoms with van der Waals surface area (Å²) in [6.45, 7) is 5.48. The second-order valence-electron chi connectivity index (χ2n) is 3.79. The van der Waals surface area contributed by atoms with Crippen LogP contribution in [-0.4, -0.2) is 18.6 Å². The van der Waals surface area contributed by atoms with Crippen molar-refractivity contribution in [2.45, 2.75) is 20.3 Å². The molecular weight excluding hydrogens is 174 g/mol. The molecule has 0 aromatic carbocycles. The van der Waals surface area contributed by atoms with Gasteiger partial charge in [-0.15, -0.1) is 0 Å². The van der Waals surface area contributed by atoms with E-state index in [1.54, 1.807) is 0 Å². The van der Waals surface area contributed by atoms with Crippen molar-refractivity contribution in [3.8, 4) is 0 Å². The fraction of sp³-hybridized carbons (Fsp3) is 0.545. The van der Waals surface area contributed by atoms with Crippen molar-refractivity contribution >= 4 is 11.5 Å². The molecule has 0 atom stereocenters. The van der Waals surface area contributed by atoms with Gasteiger partial charge in [-0.25, -0.2) is 4.98 Å². The highest BCUT2D eigenvalue weighted by molar-refractivity contribution is 5.51. The van der Waals surface area contributed by atoms with Crippen LogP contribution in [0.1, 0.15) is 20.3 Å². The number of aromatic nitrogens is 1. The van der Waals surface area contributed by atoms with Gasteiger partial charge < -0.3 is 10.6 Å². The minimum absolute atomic E-state index is 0.744. The third-order valence-corrected chi connectivity index (χ3v) is 2.07. The molecule has 0 aliphatic heterocycles. The number of nitrogens with zero attached hydrogens (tertiary/aromatic N) is 1. The van der Waals surface area contributed by atoms with Crippen LogP contribution in [0.5, 0.6) is 0 Å². The second-order valence-corrected chi connectivity index (χ2v) is 3.79. The Balaban J connectivity index is 2.42. The van der Waals surface area contributed by atoms with Crippen LogP contribution in [0, 0.1) is 5.92 Å². The van der Waals surface area contributed by atoms with Gasteiger partial charge in [0.15, 0.2) is 0 Å². The van der Waals surface area contributed by atoms with Crippen molar-refractivity contribution in [3.05, 3.63) is 18.3 Å². The van der Waals surface area contributed by atoms with Crippen LogP contribution < -0.4 is 10.6 Å². The van der Waals surface area contributed by atoms with E-state index >= 15 is 0 Å². The summed E-state index contributed by atoms with van der Waals surface area (Å²) >= 11 is 0. The summed E-state index contributed by atoms with van der Waals surface area (Å²) in [5.74, 6) is 1.65. The molecular formula is C11H19N3. The Morgan fingerprint density at radius 1 is 1.43 bits per heavy atom. The first-order valence-electron chi connectivity index (χ1n) is 5.10. The summed E-state index contributed by atoms with van der Waals surface area (Å²) in [6, 6.07) is 4.00. The first-order valence-corrected chi connectivity index (χ1v) is 5.10. The molecule has 0 radical (unpaired) electrons. The van der Waals surface area contributed by atoms with Crippen LogP contribution in [0.25, 0.3) is 0 Å². The SMILES string of the molecule is CNc1cc(NCCC(C)C)ccn1. The topological polar surface area (TPSA) is 37.0 Å². The number of hydrogen-bond donors (Lipinski definition) is 2. The molecule has 0 saturated heterocycles. The Bertz CT molecular complexity index is 271. The maximum atomic E-state index is 4.15. The lowest BCUT2D eigenvalue weighted by atomic mass is 10.1. The van der Waals surface area contributed by atoms with Crippen molar-refractivity contribution < 1.29 is 0 Å². The van der Waals surface area contributed by atoms with Gasteiger partial charge in [-0.05, 0) is 18.4 Å². The van der Waals surface area contributed by atoms with E-state index in [0.717, 1.165) is 24.0 Å². The molecule has 0 bridgehead atoms. The first kappa shape index (κ1) is 10.8. The van der Waals surface area contributed by atoms with Crippen molar-refractivity contribution in [1.82, 2.24) is 4.98 Å². The summed E-state index contributed by atoms with van der Waals surface area (Å²) in [4.78, 5) is 4.15. The van der Waals surface area contributed by atoms with Gasteiger partial charge in [0.05, 0.1) is 0 Å². The lowest BCUT2D eigenvalue weighted by Crippen LogP contribution is -2.05. The quantitative estimate of drug-likeness (QED) is 0.754. The molecule has 1 aromatic heterocycles. The summed E-state index contributed by atoms with van der Waals surface area (Å²) in [7, 11) is 1.88. The Labute approximate surface area is 85.9 Å². The minimum Gasteiger partial charge on any atom is -0.385 e. The van der Waals surface area contributed by atoms with Crippen LogP contribution >= 0.6 is 0 Å². The molecule has 2 N–H and O–H groups in total. The van der Waals surface area contributed by atoms with Crippen LogP contribution in [-0.2, 0) is 0 Å². The molecule has 3 heteroatoms. The molecule has 1 rings (SSSR count). The highest BCUT2D eigenvalue weighted by Crippen LogP contribution is 2.11. The molecule has 0 unspecified atom stereocenters. The van der Waals surface area contributed by atoms with Gasteiger partial charge in [0.1, 0.15) is 5.82 Å². The Morgan fingerprint density at radius 2 is 2.21 bits per heavy atom. The predicted molar refractivity (Wildman–Crippen MR) is 61.7 cm³/mol. The van der Waals surface area contributed by atoms with E-state index < -0.39 is 0 Å². The fourth-order valence-corrected chi connectivity index (χ4v) is 1.18. The lowest BCUT2D eigenvalue weighted by molar-refractivity contribution is 0.607. The lowest BCUT2D eigenvalue weighted by Gasteiger charge is -2.08. The molecule has 0 aliphatic rings. The Kier molecular flexibility index (Phi) is 4.23. The van der Waals surface area contributed by atoms with Crippen LogP contribution in [0.2, 0.25) is 0 Å². The third kappa shape index (κ3) is 3.64. The third-order valence-electron chi connectivity index (χ3n) is 2.07. The molecule has 78 valence electrons. The smallest absolute Gasteiger partial charge is 0.127 e. The van der Waals surface area contributed by atoms with Crippen molar-refractivity contribution in [2.75, 3.05) is 24.2 Å². The largest absolute Gasteiger partial charge is 0.385 e. The van der Waals surface area contributed by atoms with Crippen molar-refractivity contribution in [1.29, 1.82) is 0 Å². The van der Waals surface area contributed by atoms with E-state index in [1.165, 1.54) is 6.42 Å². The maximum Gasteiger partial charge on any atom is 0.127 e. The van der Waals surface area contributed by atoms with E-state index in [1.807, 2.05) is 25.4 Å². The van der Waals surface area contributed by atoms with Crippen LogP contribution in [0.3, 0.4) is 0 Å². The molecule has 0 aliphatic carbocycles. The van der Waals surface area contributed by atoms with E-state index in [4.69, 9.17) is 0 Å². The molecule has 1 aromatic rings. The minimum atomic E-state index is 0.744. The van der Waals surface area contributed by atoms with Gasteiger partial charge in [-0.2, -0.15) is 0 Å². The average molecular weight is 193 g/mol.